The minimum Gasteiger partial charge on any atom is -0.376 e. The second kappa shape index (κ2) is 6.70. The van der Waals surface area contributed by atoms with Gasteiger partial charge in [-0.3, -0.25) is 14.9 Å². The molecule has 21 heavy (non-hydrogen) atoms. The van der Waals surface area contributed by atoms with Crippen molar-refractivity contribution in [3.05, 3.63) is 33.9 Å². The summed E-state index contributed by atoms with van der Waals surface area (Å²) >= 11 is 0. The number of anilines is 1. The molecule has 0 aromatic heterocycles. The predicted molar refractivity (Wildman–Crippen MR) is 76.7 cm³/mol. The molecule has 1 saturated heterocycles. The van der Waals surface area contributed by atoms with Gasteiger partial charge in [0.1, 0.15) is 11.6 Å². The fourth-order valence-electron chi connectivity index (χ4n) is 2.33. The van der Waals surface area contributed by atoms with E-state index in [0.717, 1.165) is 32.4 Å². The second-order valence-corrected chi connectivity index (χ2v) is 4.90. The minimum atomic E-state index is -0.596. The third-order valence-electron chi connectivity index (χ3n) is 3.47. The maximum atomic E-state index is 12.0. The van der Waals surface area contributed by atoms with E-state index in [-0.39, 0.29) is 23.7 Å². The Morgan fingerprint density at radius 1 is 1.38 bits per heavy atom. The van der Waals surface area contributed by atoms with Gasteiger partial charge in [-0.05, 0) is 31.4 Å². The fourth-order valence-corrected chi connectivity index (χ4v) is 2.33. The average molecular weight is 288 g/mol. The maximum Gasteiger partial charge on any atom is 0.287 e. The molecule has 1 fully saturated rings. The molecule has 1 heterocycles. The van der Waals surface area contributed by atoms with Crippen LogP contribution in [0.1, 0.15) is 24.8 Å². The van der Waals surface area contributed by atoms with Crippen LogP contribution in [0.4, 0.5) is 11.4 Å². The Morgan fingerprint density at radius 3 is 2.71 bits per heavy atom. The molecule has 0 unspecified atom stereocenters. The number of amides is 1. The molecule has 0 bridgehead atoms. The molecule has 0 atom stereocenters. The van der Waals surface area contributed by atoms with Crippen molar-refractivity contribution in [1.29, 1.82) is 5.26 Å². The number of carbonyl (C=O) groups is 1. The van der Waals surface area contributed by atoms with Crippen LogP contribution in [0.15, 0.2) is 18.2 Å². The number of nitro benzene ring substituents is 1. The summed E-state index contributed by atoms with van der Waals surface area (Å²) in [5.41, 5.74) is 0.281. The van der Waals surface area contributed by atoms with E-state index in [4.69, 9.17) is 5.26 Å². The van der Waals surface area contributed by atoms with Crippen LogP contribution in [0.2, 0.25) is 0 Å². The van der Waals surface area contributed by atoms with Gasteiger partial charge >= 0.3 is 0 Å². The first-order valence-corrected chi connectivity index (χ1v) is 6.82. The lowest BCUT2D eigenvalue weighted by atomic mass is 10.1. The molecule has 1 amide bonds. The van der Waals surface area contributed by atoms with Crippen molar-refractivity contribution in [3.8, 4) is 6.07 Å². The molecule has 1 aromatic carbocycles. The zero-order valence-electron chi connectivity index (χ0n) is 11.5. The first-order chi connectivity index (χ1) is 10.1. The van der Waals surface area contributed by atoms with Gasteiger partial charge in [-0.25, -0.2) is 0 Å². The summed E-state index contributed by atoms with van der Waals surface area (Å²) in [6.45, 7) is 1.69. The van der Waals surface area contributed by atoms with Gasteiger partial charge in [0.05, 0.1) is 11.5 Å². The van der Waals surface area contributed by atoms with Gasteiger partial charge in [0.15, 0.2) is 0 Å². The van der Waals surface area contributed by atoms with E-state index in [1.165, 1.54) is 18.2 Å². The molecule has 1 aliphatic heterocycles. The first-order valence-electron chi connectivity index (χ1n) is 6.82. The molecule has 0 radical (unpaired) electrons. The summed E-state index contributed by atoms with van der Waals surface area (Å²) < 4.78 is 0. The van der Waals surface area contributed by atoms with Crippen LogP contribution in [0.25, 0.3) is 0 Å². The van der Waals surface area contributed by atoms with Crippen LogP contribution in [0, 0.1) is 21.4 Å². The molecular weight excluding hydrogens is 272 g/mol. The Balaban J connectivity index is 1.98. The Bertz CT molecular complexity index is 588. The molecule has 110 valence electrons. The molecule has 1 aliphatic rings. The largest absolute Gasteiger partial charge is 0.376 e. The summed E-state index contributed by atoms with van der Waals surface area (Å²) in [6.07, 6.45) is 3.22. The normalized spacial score (nSPS) is 14.3. The summed E-state index contributed by atoms with van der Waals surface area (Å²) in [6, 6.07) is 5.95. The standard InChI is InChI=1S/C14H16N4O3/c15-9-11-8-12(4-5-13(11)18(20)21)16-10-14(19)17-6-2-1-3-7-17/h4-5,8,16H,1-3,6-7,10H2. The van der Waals surface area contributed by atoms with Gasteiger partial charge in [0.2, 0.25) is 5.91 Å². The molecule has 7 nitrogen and oxygen atoms in total. The number of rotatable bonds is 4. The highest BCUT2D eigenvalue weighted by molar-refractivity contribution is 5.81. The van der Waals surface area contributed by atoms with Crippen molar-refractivity contribution < 1.29 is 9.72 Å². The van der Waals surface area contributed by atoms with Crippen molar-refractivity contribution in [2.24, 2.45) is 0 Å². The van der Waals surface area contributed by atoms with E-state index in [0.29, 0.717) is 5.69 Å². The van der Waals surface area contributed by atoms with Crippen LogP contribution in [-0.4, -0.2) is 35.4 Å². The maximum absolute atomic E-state index is 12.0. The van der Waals surface area contributed by atoms with Crippen molar-refractivity contribution in [3.63, 3.8) is 0 Å². The van der Waals surface area contributed by atoms with Crippen LogP contribution in [-0.2, 0) is 4.79 Å². The van der Waals surface area contributed by atoms with Crippen molar-refractivity contribution >= 4 is 17.3 Å². The van der Waals surface area contributed by atoms with Crippen molar-refractivity contribution in [2.75, 3.05) is 25.0 Å². The number of nitrogens with zero attached hydrogens (tertiary/aromatic N) is 3. The topological polar surface area (TPSA) is 99.3 Å². The molecule has 0 spiro atoms. The lowest BCUT2D eigenvalue weighted by Crippen LogP contribution is -2.39. The van der Waals surface area contributed by atoms with Crippen molar-refractivity contribution in [2.45, 2.75) is 19.3 Å². The van der Waals surface area contributed by atoms with Gasteiger partial charge < -0.3 is 10.2 Å². The summed E-state index contributed by atoms with van der Waals surface area (Å²) in [7, 11) is 0. The summed E-state index contributed by atoms with van der Waals surface area (Å²) in [4.78, 5) is 23.9. The minimum absolute atomic E-state index is 0.00607. The number of nitro groups is 1. The highest BCUT2D eigenvalue weighted by Crippen LogP contribution is 2.21. The third kappa shape index (κ3) is 3.69. The zero-order chi connectivity index (χ0) is 15.2. The van der Waals surface area contributed by atoms with Crippen LogP contribution in [0.3, 0.4) is 0 Å². The Morgan fingerprint density at radius 2 is 2.10 bits per heavy atom. The van der Waals surface area contributed by atoms with Gasteiger partial charge in [0.25, 0.3) is 5.69 Å². The lowest BCUT2D eigenvalue weighted by Gasteiger charge is -2.26. The summed E-state index contributed by atoms with van der Waals surface area (Å²) in [5.74, 6) is 0.00607. The fraction of sp³-hybridized carbons (Fsp3) is 0.429. The number of nitrogens with one attached hydrogen (secondary N) is 1. The van der Waals surface area contributed by atoms with E-state index in [9.17, 15) is 14.9 Å². The van der Waals surface area contributed by atoms with E-state index in [1.807, 2.05) is 4.90 Å². The van der Waals surface area contributed by atoms with E-state index in [2.05, 4.69) is 5.32 Å². The molecule has 0 aliphatic carbocycles. The molecule has 1 N–H and O–H groups in total. The van der Waals surface area contributed by atoms with E-state index >= 15 is 0 Å². The monoisotopic (exact) mass is 288 g/mol. The number of carbonyl (C=O) groups excluding carboxylic acids is 1. The molecule has 7 heteroatoms. The zero-order valence-corrected chi connectivity index (χ0v) is 11.5. The highest BCUT2D eigenvalue weighted by Gasteiger charge is 2.17. The number of hydrogen-bond donors (Lipinski definition) is 1. The van der Waals surface area contributed by atoms with E-state index < -0.39 is 4.92 Å². The molecular formula is C14H16N4O3. The third-order valence-corrected chi connectivity index (χ3v) is 3.47. The van der Waals surface area contributed by atoms with Gasteiger partial charge in [-0.15, -0.1) is 0 Å². The van der Waals surface area contributed by atoms with Gasteiger partial charge in [-0.1, -0.05) is 0 Å². The van der Waals surface area contributed by atoms with Gasteiger partial charge in [0, 0.05) is 24.8 Å². The van der Waals surface area contributed by atoms with E-state index in [1.54, 1.807) is 6.07 Å². The molecule has 2 rings (SSSR count). The number of likely N-dealkylation sites (tertiary alicyclic amines) is 1. The molecule has 0 saturated carbocycles. The average Bonchev–Trinajstić information content (AvgIpc) is 2.52. The number of nitriles is 1. The van der Waals surface area contributed by atoms with Crippen LogP contribution < -0.4 is 5.32 Å². The van der Waals surface area contributed by atoms with Crippen LogP contribution in [0.5, 0.6) is 0 Å². The predicted octanol–water partition coefficient (Wildman–Crippen LogP) is 1.89. The molecule has 1 aromatic rings. The summed E-state index contributed by atoms with van der Waals surface area (Å²) in [5, 5.41) is 22.6. The Labute approximate surface area is 122 Å². The smallest absolute Gasteiger partial charge is 0.287 e. The number of hydrogen-bond acceptors (Lipinski definition) is 5. The van der Waals surface area contributed by atoms with Crippen LogP contribution >= 0.6 is 0 Å². The second-order valence-electron chi connectivity index (χ2n) is 4.90. The number of piperidine rings is 1. The number of benzene rings is 1. The quantitative estimate of drug-likeness (QED) is 0.673. The van der Waals surface area contributed by atoms with Crippen molar-refractivity contribution in [1.82, 2.24) is 4.90 Å². The SMILES string of the molecule is N#Cc1cc(NCC(=O)N2CCCCC2)ccc1[N+](=O)[O-]. The first kappa shape index (κ1) is 14.8. The van der Waals surface area contributed by atoms with Gasteiger partial charge in [-0.2, -0.15) is 5.26 Å². The Kier molecular flexibility index (Phi) is 4.72. The highest BCUT2D eigenvalue weighted by atomic mass is 16.6. The lowest BCUT2D eigenvalue weighted by molar-refractivity contribution is -0.385. The Hall–Kier alpha value is -2.62.